The van der Waals surface area contributed by atoms with Crippen molar-refractivity contribution in [2.45, 2.75) is 37.5 Å². The van der Waals surface area contributed by atoms with Crippen molar-refractivity contribution in [3.8, 4) is 0 Å². The first-order valence-corrected chi connectivity index (χ1v) is 4.62. The van der Waals surface area contributed by atoms with E-state index in [1.54, 1.807) is 0 Å². The molecule has 0 aromatic heterocycles. The van der Waals surface area contributed by atoms with Crippen LogP contribution in [-0.2, 0) is 9.53 Å². The zero-order valence-electron chi connectivity index (χ0n) is 9.63. The number of hydrogen-bond acceptors (Lipinski definition) is 2. The molecule has 2 nitrogen and oxygen atoms in total. The highest BCUT2D eigenvalue weighted by atomic mass is 19.4. The van der Waals surface area contributed by atoms with E-state index in [0.717, 1.165) is 6.92 Å². The summed E-state index contributed by atoms with van der Waals surface area (Å²) in [4.78, 5) is 10.6. The summed E-state index contributed by atoms with van der Waals surface area (Å²) in [5.74, 6) is -14.9. The quantitative estimate of drug-likeness (QED) is 0.436. The predicted octanol–water partition coefficient (Wildman–Crippen LogP) is 3.92. The fraction of sp³-hybridized carbons (Fsp3) is 0.667. The highest BCUT2D eigenvalue weighted by Gasteiger charge is 2.76. The van der Waals surface area contributed by atoms with Gasteiger partial charge < -0.3 is 4.74 Å². The van der Waals surface area contributed by atoms with Gasteiger partial charge in [0, 0.05) is 5.57 Å². The van der Waals surface area contributed by atoms with Gasteiger partial charge in [-0.3, -0.25) is 0 Å². The molecular weight excluding hydrogens is 311 g/mol. The lowest BCUT2D eigenvalue weighted by molar-refractivity contribution is -0.393. The normalized spacial score (nSPS) is 14.1. The van der Waals surface area contributed by atoms with E-state index in [1.807, 2.05) is 0 Å². The van der Waals surface area contributed by atoms with Gasteiger partial charge in [-0.1, -0.05) is 6.58 Å². The number of halogens is 9. The summed E-state index contributed by atoms with van der Waals surface area (Å²) < 4.78 is 114. The summed E-state index contributed by atoms with van der Waals surface area (Å²) in [5, 5.41) is 0. The Morgan fingerprint density at radius 3 is 1.70 bits per heavy atom. The number of rotatable bonds is 5. The van der Waals surface area contributed by atoms with Gasteiger partial charge in [-0.05, 0) is 6.92 Å². The van der Waals surface area contributed by atoms with E-state index in [-0.39, 0.29) is 0 Å². The van der Waals surface area contributed by atoms with Gasteiger partial charge in [0.2, 0.25) is 0 Å². The van der Waals surface area contributed by atoms with Crippen LogP contribution in [0.15, 0.2) is 12.2 Å². The first kappa shape index (κ1) is 18.6. The number of ether oxygens (including phenoxy) is 1. The average molecular weight is 318 g/mol. The van der Waals surface area contributed by atoms with Gasteiger partial charge in [0.1, 0.15) is 6.42 Å². The summed E-state index contributed by atoms with van der Waals surface area (Å²) in [6.45, 7) is 3.46. The Balaban J connectivity index is 5.37. The van der Waals surface area contributed by atoms with Crippen LogP contribution in [0.1, 0.15) is 13.3 Å². The second kappa shape index (κ2) is 5.17. The molecule has 0 aliphatic rings. The van der Waals surface area contributed by atoms with Crippen LogP contribution in [0.2, 0.25) is 0 Å². The van der Waals surface area contributed by atoms with Crippen molar-refractivity contribution in [1.29, 1.82) is 0 Å². The van der Waals surface area contributed by atoms with Gasteiger partial charge in [-0.15, -0.1) is 0 Å². The monoisotopic (exact) mass is 318 g/mol. The topological polar surface area (TPSA) is 26.3 Å². The maximum Gasteiger partial charge on any atom is 0.473 e. The molecule has 118 valence electrons. The Hall–Kier alpha value is -1.42. The molecule has 0 unspecified atom stereocenters. The van der Waals surface area contributed by atoms with E-state index in [4.69, 9.17) is 0 Å². The molecule has 0 spiro atoms. The minimum atomic E-state index is -6.55. The fourth-order valence-corrected chi connectivity index (χ4v) is 0.843. The lowest BCUT2D eigenvalue weighted by Gasteiger charge is -2.32. The molecule has 0 saturated heterocycles. The van der Waals surface area contributed by atoms with Crippen molar-refractivity contribution < 1.29 is 49.0 Å². The number of carbonyl (C=O) groups excluding carboxylic acids is 1. The second-order valence-electron chi connectivity index (χ2n) is 3.76. The summed E-state index contributed by atoms with van der Waals surface area (Å²) >= 11 is 0. The van der Waals surface area contributed by atoms with Crippen LogP contribution in [0.3, 0.4) is 0 Å². The molecule has 0 fully saturated rings. The van der Waals surface area contributed by atoms with Crippen LogP contribution in [0.25, 0.3) is 0 Å². The summed E-state index contributed by atoms with van der Waals surface area (Å²) in [6.07, 6.45) is -15.5. The Bertz CT molecular complexity index is 397. The van der Waals surface area contributed by atoms with Crippen molar-refractivity contribution in [2.75, 3.05) is 0 Å². The van der Waals surface area contributed by atoms with Crippen LogP contribution in [0.5, 0.6) is 0 Å². The summed E-state index contributed by atoms with van der Waals surface area (Å²) in [6, 6.07) is 0. The molecule has 0 N–H and O–H groups in total. The van der Waals surface area contributed by atoms with Crippen LogP contribution in [0.4, 0.5) is 39.5 Å². The number of alkyl halides is 9. The smallest absolute Gasteiger partial charge is 0.393 e. The molecule has 0 saturated carbocycles. The second-order valence-corrected chi connectivity index (χ2v) is 3.76. The zero-order valence-corrected chi connectivity index (χ0v) is 9.63. The molecule has 11 heteroatoms. The standard InChI is InChI=1S/C9H7F9O2/c1-4(2)5(19)20-9(17,18)8(15,16)6(10,11)3-7(12,13)14/h1,3H2,2H3. The highest BCUT2D eigenvalue weighted by molar-refractivity contribution is 5.87. The number of esters is 1. The van der Waals surface area contributed by atoms with Crippen molar-refractivity contribution >= 4 is 5.97 Å². The van der Waals surface area contributed by atoms with Gasteiger partial charge in [0.05, 0.1) is 0 Å². The minimum Gasteiger partial charge on any atom is -0.393 e. The molecule has 20 heavy (non-hydrogen) atoms. The Morgan fingerprint density at radius 2 is 1.40 bits per heavy atom. The molecule has 0 aliphatic carbocycles. The van der Waals surface area contributed by atoms with E-state index < -0.39 is 42.1 Å². The van der Waals surface area contributed by atoms with Crippen LogP contribution in [0, 0.1) is 0 Å². The largest absolute Gasteiger partial charge is 0.473 e. The van der Waals surface area contributed by atoms with Crippen LogP contribution < -0.4 is 0 Å². The maximum absolute atomic E-state index is 12.8. The molecule has 0 radical (unpaired) electrons. The van der Waals surface area contributed by atoms with Gasteiger partial charge in [-0.2, -0.15) is 39.5 Å². The van der Waals surface area contributed by atoms with E-state index in [0.29, 0.717) is 0 Å². The highest BCUT2D eigenvalue weighted by Crippen LogP contribution is 2.50. The number of carbonyl (C=O) groups is 1. The van der Waals surface area contributed by atoms with Crippen molar-refractivity contribution in [1.82, 2.24) is 0 Å². The van der Waals surface area contributed by atoms with Gasteiger partial charge in [0.25, 0.3) is 0 Å². The maximum atomic E-state index is 12.8. The van der Waals surface area contributed by atoms with Crippen LogP contribution >= 0.6 is 0 Å². The summed E-state index contributed by atoms with van der Waals surface area (Å²) in [5.41, 5.74) is -0.834. The fourth-order valence-electron chi connectivity index (χ4n) is 0.843. The SMILES string of the molecule is C=C(C)C(=O)OC(F)(F)C(F)(F)C(F)(F)CC(F)(F)F. The molecule has 0 bridgehead atoms. The first-order valence-electron chi connectivity index (χ1n) is 4.62. The van der Waals surface area contributed by atoms with E-state index in [9.17, 15) is 44.3 Å². The average Bonchev–Trinajstić information content (AvgIpc) is 2.11. The zero-order chi connectivity index (χ0) is 16.6. The third kappa shape index (κ3) is 4.04. The predicted molar refractivity (Wildman–Crippen MR) is 46.4 cm³/mol. The van der Waals surface area contributed by atoms with Crippen molar-refractivity contribution in [3.63, 3.8) is 0 Å². The Labute approximate surface area is 106 Å². The molecule has 0 aliphatic heterocycles. The minimum absolute atomic E-state index is 0.740. The molecule has 0 aromatic rings. The first-order chi connectivity index (χ1) is 8.53. The Kier molecular flexibility index (Phi) is 4.80. The van der Waals surface area contributed by atoms with Crippen molar-refractivity contribution in [3.05, 3.63) is 12.2 Å². The van der Waals surface area contributed by atoms with Gasteiger partial charge in [-0.25, -0.2) is 4.79 Å². The van der Waals surface area contributed by atoms with E-state index in [2.05, 4.69) is 11.3 Å². The number of hydrogen-bond donors (Lipinski definition) is 0. The van der Waals surface area contributed by atoms with Crippen LogP contribution in [-0.4, -0.2) is 30.1 Å². The third-order valence-corrected chi connectivity index (χ3v) is 1.82. The molecule has 0 atom stereocenters. The summed E-state index contributed by atoms with van der Waals surface area (Å²) in [7, 11) is 0. The molecule has 0 heterocycles. The van der Waals surface area contributed by atoms with Gasteiger partial charge >= 0.3 is 30.1 Å². The van der Waals surface area contributed by atoms with Crippen molar-refractivity contribution in [2.24, 2.45) is 0 Å². The molecule has 0 aromatic carbocycles. The molecule has 0 amide bonds. The van der Waals surface area contributed by atoms with E-state index >= 15 is 0 Å². The molecule has 0 rings (SSSR count). The lowest BCUT2D eigenvalue weighted by Crippen LogP contribution is -2.57. The van der Waals surface area contributed by atoms with E-state index in [1.165, 1.54) is 0 Å². The third-order valence-electron chi connectivity index (χ3n) is 1.82. The Morgan fingerprint density at radius 1 is 1.00 bits per heavy atom. The lowest BCUT2D eigenvalue weighted by atomic mass is 10.1. The molecular formula is C9H7F9O2. The van der Waals surface area contributed by atoms with Gasteiger partial charge in [0.15, 0.2) is 0 Å².